The van der Waals surface area contributed by atoms with Crippen molar-refractivity contribution in [2.75, 3.05) is 19.2 Å². The van der Waals surface area contributed by atoms with Crippen LogP contribution >= 0.6 is 11.8 Å². The molecule has 1 fully saturated rings. The summed E-state index contributed by atoms with van der Waals surface area (Å²) >= 11 is 1.84. The predicted octanol–water partition coefficient (Wildman–Crippen LogP) is 4.19. The van der Waals surface area contributed by atoms with Crippen molar-refractivity contribution < 1.29 is 14.2 Å². The zero-order valence-corrected chi connectivity index (χ0v) is 16.8. The van der Waals surface area contributed by atoms with Crippen LogP contribution in [0, 0.1) is 0 Å². The number of hydrogen-bond donors (Lipinski definition) is 0. The second-order valence-corrected chi connectivity index (χ2v) is 8.00. The highest BCUT2D eigenvalue weighted by Crippen LogP contribution is 2.52. The van der Waals surface area contributed by atoms with Gasteiger partial charge in [-0.05, 0) is 31.5 Å². The largest absolute Gasteiger partial charge is 0.493 e. The average Bonchev–Trinajstić information content (AvgIpc) is 3.42. The van der Waals surface area contributed by atoms with E-state index in [-0.39, 0.29) is 18.9 Å². The van der Waals surface area contributed by atoms with E-state index < -0.39 is 0 Å². The first-order valence-electron chi connectivity index (χ1n) is 9.76. The second kappa shape index (κ2) is 7.20. The lowest BCUT2D eigenvalue weighted by Gasteiger charge is -2.32. The van der Waals surface area contributed by atoms with Gasteiger partial charge in [-0.25, -0.2) is 0 Å². The van der Waals surface area contributed by atoms with E-state index in [0.717, 1.165) is 45.8 Å². The van der Waals surface area contributed by atoms with E-state index >= 15 is 0 Å². The molecule has 1 saturated heterocycles. The highest BCUT2D eigenvalue weighted by atomic mass is 32.2. The number of rotatable bonds is 5. The lowest BCUT2D eigenvalue weighted by Crippen LogP contribution is -2.35. The number of hydrogen-bond acceptors (Lipinski definition) is 7. The summed E-state index contributed by atoms with van der Waals surface area (Å²) in [5, 5.41) is 1.10. The number of ether oxygens (including phenoxy) is 3. The fourth-order valence-electron chi connectivity index (χ4n) is 4.14. The zero-order valence-electron chi connectivity index (χ0n) is 16.0. The number of fused-ring (bicyclic) bond motifs is 2. The molecule has 0 spiro atoms. The van der Waals surface area contributed by atoms with Gasteiger partial charge in [0.1, 0.15) is 11.8 Å². The molecule has 3 aliphatic rings. The highest BCUT2D eigenvalue weighted by molar-refractivity contribution is 8.14. The van der Waals surface area contributed by atoms with Crippen molar-refractivity contribution in [1.82, 2.24) is 9.88 Å². The van der Waals surface area contributed by atoms with Crippen LogP contribution < -0.4 is 14.2 Å². The minimum Gasteiger partial charge on any atom is -0.493 e. The Morgan fingerprint density at radius 2 is 2.07 bits per heavy atom. The quantitative estimate of drug-likeness (QED) is 0.754. The summed E-state index contributed by atoms with van der Waals surface area (Å²) in [5.41, 5.74) is 2.06. The van der Waals surface area contributed by atoms with E-state index in [2.05, 4.69) is 28.9 Å². The van der Waals surface area contributed by atoms with E-state index in [1.54, 1.807) is 0 Å². The average molecular weight is 398 g/mol. The summed E-state index contributed by atoms with van der Waals surface area (Å²) in [4.78, 5) is 12.2. The minimum absolute atomic E-state index is 0.0286. The number of pyridine rings is 1. The first-order chi connectivity index (χ1) is 13.8. The van der Waals surface area contributed by atoms with Gasteiger partial charge in [-0.3, -0.25) is 9.98 Å². The molecule has 0 unspecified atom stereocenters. The van der Waals surface area contributed by atoms with Crippen molar-refractivity contribution in [3.8, 4) is 17.2 Å². The Balaban J connectivity index is 1.65. The Hall–Kier alpha value is -2.41. The number of benzene rings is 1. The molecule has 4 heterocycles. The molecule has 5 rings (SSSR count). The molecule has 0 bridgehead atoms. The van der Waals surface area contributed by atoms with E-state index in [1.165, 1.54) is 0 Å². The molecule has 146 valence electrons. The molecule has 0 amide bonds. The first-order valence-corrected chi connectivity index (χ1v) is 10.7. The van der Waals surface area contributed by atoms with Crippen LogP contribution in [0.5, 0.6) is 17.2 Å². The lowest BCUT2D eigenvalue weighted by molar-refractivity contribution is 0.173. The number of nitrogens with zero attached hydrogens (tertiary/aromatic N) is 3. The Bertz CT molecular complexity index is 905. The number of amidine groups is 1. The van der Waals surface area contributed by atoms with Crippen LogP contribution in [0.15, 0.2) is 41.5 Å². The fourth-order valence-corrected chi connectivity index (χ4v) is 5.48. The van der Waals surface area contributed by atoms with Gasteiger partial charge in [0, 0.05) is 29.6 Å². The molecule has 0 radical (unpaired) electrons. The lowest BCUT2D eigenvalue weighted by atomic mass is 9.94. The SMILES string of the molecule is CCOc1cc2c(cc1[C@@H]1[C@@H](c3ccccn3)N=C3SC[C@@H](CC)N31)OCO2. The number of aliphatic imine (C=N–C) groups is 1. The van der Waals surface area contributed by atoms with Crippen molar-refractivity contribution >= 4 is 16.9 Å². The van der Waals surface area contributed by atoms with Gasteiger partial charge in [-0.2, -0.15) is 0 Å². The van der Waals surface area contributed by atoms with E-state index in [9.17, 15) is 0 Å². The first kappa shape index (κ1) is 17.7. The summed E-state index contributed by atoms with van der Waals surface area (Å²) in [6.45, 7) is 5.08. The van der Waals surface area contributed by atoms with Gasteiger partial charge >= 0.3 is 0 Å². The summed E-state index contributed by atoms with van der Waals surface area (Å²) in [6.07, 6.45) is 2.91. The van der Waals surface area contributed by atoms with E-state index in [0.29, 0.717) is 12.6 Å². The maximum Gasteiger partial charge on any atom is 0.231 e. The van der Waals surface area contributed by atoms with Gasteiger partial charge in [-0.1, -0.05) is 24.8 Å². The second-order valence-electron chi connectivity index (χ2n) is 7.01. The van der Waals surface area contributed by atoms with Crippen LogP contribution in [0.2, 0.25) is 0 Å². The van der Waals surface area contributed by atoms with Crippen molar-refractivity contribution in [2.45, 2.75) is 38.4 Å². The maximum absolute atomic E-state index is 6.04. The predicted molar refractivity (Wildman–Crippen MR) is 109 cm³/mol. The molecule has 0 saturated carbocycles. The van der Waals surface area contributed by atoms with Gasteiger partial charge in [0.2, 0.25) is 6.79 Å². The zero-order chi connectivity index (χ0) is 19.1. The smallest absolute Gasteiger partial charge is 0.231 e. The van der Waals surface area contributed by atoms with E-state index in [1.807, 2.05) is 43.1 Å². The van der Waals surface area contributed by atoms with Crippen molar-refractivity contribution in [1.29, 1.82) is 0 Å². The minimum atomic E-state index is -0.0716. The molecule has 28 heavy (non-hydrogen) atoms. The standard InChI is InChI=1S/C21H23N3O3S/c1-3-13-11-28-21-23-19(15-7-5-6-8-22-15)20(24(13)21)14-9-17-18(27-12-26-17)10-16(14)25-4-2/h5-10,13,19-20H,3-4,11-12H2,1-2H3/t13-,19-,20-/m1/s1. The molecule has 1 aromatic heterocycles. The third-order valence-corrected chi connectivity index (χ3v) is 6.58. The number of thioether (sulfide) groups is 1. The molecule has 0 N–H and O–H groups in total. The molecular weight excluding hydrogens is 374 g/mol. The molecule has 1 aromatic carbocycles. The van der Waals surface area contributed by atoms with Crippen LogP contribution in [0.1, 0.15) is 43.6 Å². The highest BCUT2D eigenvalue weighted by Gasteiger charge is 2.46. The van der Waals surface area contributed by atoms with Gasteiger partial charge in [0.25, 0.3) is 0 Å². The molecule has 3 atom stereocenters. The van der Waals surface area contributed by atoms with Gasteiger partial charge in [-0.15, -0.1) is 0 Å². The normalized spacial score (nSPS) is 25.0. The molecular formula is C21H23N3O3S. The molecule has 0 aliphatic carbocycles. The Labute approximate surface area is 168 Å². The van der Waals surface area contributed by atoms with Crippen molar-refractivity contribution in [2.24, 2.45) is 4.99 Å². The van der Waals surface area contributed by atoms with Crippen molar-refractivity contribution in [3.63, 3.8) is 0 Å². The third kappa shape index (κ3) is 2.80. The fraction of sp³-hybridized carbons (Fsp3) is 0.429. The van der Waals surface area contributed by atoms with Crippen LogP contribution in [0.4, 0.5) is 0 Å². The monoisotopic (exact) mass is 397 g/mol. The topological polar surface area (TPSA) is 56.2 Å². The van der Waals surface area contributed by atoms with Crippen LogP contribution in [-0.2, 0) is 0 Å². The summed E-state index contributed by atoms with van der Waals surface area (Å²) in [5.74, 6) is 3.41. The molecule has 7 heteroatoms. The summed E-state index contributed by atoms with van der Waals surface area (Å²) in [6, 6.07) is 10.5. The van der Waals surface area contributed by atoms with Crippen LogP contribution in [0.3, 0.4) is 0 Å². The third-order valence-electron chi connectivity index (χ3n) is 5.45. The van der Waals surface area contributed by atoms with Crippen LogP contribution in [0.25, 0.3) is 0 Å². The van der Waals surface area contributed by atoms with Gasteiger partial charge in [0.15, 0.2) is 16.7 Å². The van der Waals surface area contributed by atoms with Gasteiger partial charge < -0.3 is 19.1 Å². The Morgan fingerprint density at radius 1 is 1.21 bits per heavy atom. The van der Waals surface area contributed by atoms with Crippen molar-refractivity contribution in [3.05, 3.63) is 47.8 Å². The summed E-state index contributed by atoms with van der Waals surface area (Å²) < 4.78 is 17.3. The van der Waals surface area contributed by atoms with Crippen LogP contribution in [-0.4, -0.2) is 40.2 Å². The Kier molecular flexibility index (Phi) is 4.55. The number of aromatic nitrogens is 1. The maximum atomic E-state index is 6.04. The van der Waals surface area contributed by atoms with E-state index in [4.69, 9.17) is 19.2 Å². The molecule has 3 aliphatic heterocycles. The molecule has 6 nitrogen and oxygen atoms in total. The molecule has 2 aromatic rings. The Morgan fingerprint density at radius 3 is 2.82 bits per heavy atom. The van der Waals surface area contributed by atoms with Gasteiger partial charge in [0.05, 0.1) is 18.3 Å². The summed E-state index contributed by atoms with van der Waals surface area (Å²) in [7, 11) is 0.